The van der Waals surface area contributed by atoms with Crippen LogP contribution in [0.4, 0.5) is 0 Å². The van der Waals surface area contributed by atoms with Gasteiger partial charge in [-0.2, -0.15) is 31.6 Å². The van der Waals surface area contributed by atoms with E-state index in [1.54, 1.807) is 0 Å². The molecule has 0 fully saturated rings. The summed E-state index contributed by atoms with van der Waals surface area (Å²) >= 11 is 0. The lowest BCUT2D eigenvalue weighted by Crippen LogP contribution is -2.37. The summed E-state index contributed by atoms with van der Waals surface area (Å²) in [7, 11) is 46.6. The number of hydrogen-bond acceptors (Lipinski definition) is 24. The molecule has 0 aromatic carbocycles. The fraction of sp³-hybridized carbons (Fsp3) is 0.940. The Balaban J connectivity index is -0.000000126. The predicted octanol–water partition coefficient (Wildman–Crippen LogP) is 16.3. The standard InChI is InChI=1S/C12H24N2.C11H22N2.2C10H24N2.C10H20N2.C9H12N4.C9H22N2.2C8H20N2.C7H18N2.C6H16N2/c1-3-5-10-14(11-6-4-2)12-8-7-9-13;1-3-5-9-13(10-6-4-2)11-7-8-12;1-11(2)9-7-5-6-8-10-12(3)4;1-5-11(6-2)9-10-12(7-3)8-4;1-3-8-12(9-4-2)10-6-5-7-11;10-4-1-7-13(8-2-5-11)9-3-6-12;1-9(2,7-10(3)4)8-11(5)6;1-9(2)7-5-6-8-10(3)4;1-5-9(3)7-8-10(4)6-2;1-8(2)6-5-7-9(3)4;1-7(2)5-6-8(3)4/h3-8,10-12H2,1-2H3;3-7,9-11H2,1-2H3;2*5-10H2,1-4H3;3-6,8-10H2,1-2H3;1-3,7-9H2;7-8H2,1-6H3;2*5-8H2,1-4H3;5-7H2,1-4H3;5-6H2,1-4H3. The highest BCUT2D eigenvalue weighted by Crippen LogP contribution is 2.16. The van der Waals surface area contributed by atoms with Crippen LogP contribution in [0.3, 0.4) is 0 Å². The van der Waals surface area contributed by atoms with Crippen molar-refractivity contribution in [3.63, 3.8) is 0 Å². The molecule has 0 rings (SSSR count). The van der Waals surface area contributed by atoms with Gasteiger partial charge in [0.1, 0.15) is 0 Å². The van der Waals surface area contributed by atoms with E-state index in [0.717, 1.165) is 84.8 Å². The summed E-state index contributed by atoms with van der Waals surface area (Å²) < 4.78 is 0. The highest BCUT2D eigenvalue weighted by atomic mass is 15.2. The van der Waals surface area contributed by atoms with Crippen molar-refractivity contribution in [1.29, 1.82) is 31.6 Å². The van der Waals surface area contributed by atoms with Crippen molar-refractivity contribution in [2.45, 2.75) is 257 Å². The van der Waals surface area contributed by atoms with Crippen LogP contribution >= 0.6 is 0 Å². The Labute approximate surface area is 779 Å². The number of hydrogen-bond donors (Lipinski definition) is 0. The zero-order valence-corrected chi connectivity index (χ0v) is 90.5. The summed E-state index contributed by atoms with van der Waals surface area (Å²) in [5, 5.41) is 50.4. The van der Waals surface area contributed by atoms with Crippen LogP contribution in [-0.4, -0.2) is 453 Å². The first-order chi connectivity index (χ1) is 58.7. The molecule has 0 aliphatic heterocycles. The van der Waals surface area contributed by atoms with Gasteiger partial charge in [0.05, 0.1) is 36.4 Å². The third kappa shape index (κ3) is 152. The molecular weight excluding hydrogens is 1540 g/mol. The molecule has 0 saturated carbocycles. The molecule has 24 heteroatoms. The summed E-state index contributed by atoms with van der Waals surface area (Å²) in [5.74, 6) is 0. The van der Waals surface area contributed by atoms with Gasteiger partial charge in [0, 0.05) is 117 Å². The second-order valence-electron chi connectivity index (χ2n) is 36.3. The predicted molar refractivity (Wildman–Crippen MR) is 550 cm³/mol. The van der Waals surface area contributed by atoms with E-state index >= 15 is 0 Å². The smallest absolute Gasteiger partial charge is 0.0635 e. The van der Waals surface area contributed by atoms with Gasteiger partial charge in [-0.25, -0.2) is 0 Å². The molecule has 0 radical (unpaired) electrons. The molecule has 0 atom stereocenters. The fourth-order valence-corrected chi connectivity index (χ4v) is 12.0. The Morgan fingerprint density at radius 2 is 0.379 bits per heavy atom. The number of nitriles is 6. The minimum atomic E-state index is 0.396. The number of unbranched alkanes of at least 4 members (excludes halogenated alkanes) is 10. The Kier molecular flexibility index (Phi) is 135. The maximum atomic E-state index is 8.49. The third-order valence-electron chi connectivity index (χ3n) is 19.7. The topological polar surface area (TPSA) is 201 Å². The molecule has 0 heterocycles. The molecule has 0 bridgehead atoms. The lowest BCUT2D eigenvalue weighted by molar-refractivity contribution is 0.182. The molecule has 0 saturated heterocycles. The van der Waals surface area contributed by atoms with Gasteiger partial charge in [-0.3, -0.25) is 0 Å². The molecule has 0 aromatic rings. The van der Waals surface area contributed by atoms with Crippen LogP contribution in [0.15, 0.2) is 0 Å². The minimum Gasteiger partial charge on any atom is -0.309 e. The van der Waals surface area contributed by atoms with Crippen LogP contribution in [0.1, 0.15) is 257 Å². The zero-order chi connectivity index (χ0) is 97.4. The molecule has 0 N–H and O–H groups in total. The molecule has 0 amide bonds. The summed E-state index contributed by atoms with van der Waals surface area (Å²) in [6.45, 7) is 67.1. The van der Waals surface area contributed by atoms with Crippen molar-refractivity contribution in [2.24, 2.45) is 5.41 Å². The average molecular weight is 1760 g/mol. The Bertz CT molecular complexity index is 2080. The Morgan fingerprint density at radius 1 is 0.169 bits per heavy atom. The van der Waals surface area contributed by atoms with Gasteiger partial charge in [0.15, 0.2) is 0 Å². The largest absolute Gasteiger partial charge is 0.309 e. The second-order valence-corrected chi connectivity index (χ2v) is 36.3. The zero-order valence-electron chi connectivity index (χ0n) is 90.5. The highest BCUT2D eigenvalue weighted by molar-refractivity contribution is 4.80. The van der Waals surface area contributed by atoms with Gasteiger partial charge in [0.2, 0.25) is 0 Å². The summed E-state index contributed by atoms with van der Waals surface area (Å²) in [6, 6.07) is 12.7. The molecule has 0 spiro atoms. The first kappa shape index (κ1) is 143. The van der Waals surface area contributed by atoms with Crippen LogP contribution < -0.4 is 0 Å². The number of rotatable bonds is 65. The molecule has 0 aromatic heterocycles. The second kappa shape index (κ2) is 117. The molecule has 0 aliphatic rings. The van der Waals surface area contributed by atoms with Crippen LogP contribution in [-0.2, 0) is 0 Å². The number of likely N-dealkylation sites (N-methyl/N-ethyl adjacent to an activating group) is 6. The molecule has 24 nitrogen and oxygen atoms in total. The van der Waals surface area contributed by atoms with Crippen LogP contribution in [0.25, 0.3) is 0 Å². The third-order valence-corrected chi connectivity index (χ3v) is 19.7. The fourth-order valence-electron chi connectivity index (χ4n) is 12.0. The van der Waals surface area contributed by atoms with Gasteiger partial charge in [-0.1, -0.05) is 135 Å². The normalized spacial score (nSPS) is 10.9. The highest BCUT2D eigenvalue weighted by Gasteiger charge is 2.19. The van der Waals surface area contributed by atoms with E-state index in [4.69, 9.17) is 31.6 Å². The van der Waals surface area contributed by atoms with E-state index < -0.39 is 0 Å². The first-order valence-electron chi connectivity index (χ1n) is 49.1. The first-order valence-corrected chi connectivity index (χ1v) is 49.1. The van der Waals surface area contributed by atoms with Crippen LogP contribution in [0, 0.1) is 73.4 Å². The molecule has 0 unspecified atom stereocenters. The molecular formula is C100H222N24. The summed E-state index contributed by atoms with van der Waals surface area (Å²) in [5.41, 5.74) is 0.396. The van der Waals surface area contributed by atoms with Gasteiger partial charge >= 0.3 is 0 Å². The van der Waals surface area contributed by atoms with E-state index in [1.165, 1.54) is 227 Å². The lowest BCUT2D eigenvalue weighted by atomic mass is 9.92. The quantitative estimate of drug-likeness (QED) is 0.0520. The van der Waals surface area contributed by atoms with Crippen molar-refractivity contribution < 1.29 is 0 Å². The average Bonchev–Trinajstić information content (AvgIpc) is 0.912. The summed E-state index contributed by atoms with van der Waals surface area (Å²) in [4.78, 5) is 41.2. The maximum absolute atomic E-state index is 8.49. The Hall–Kier alpha value is -3.78. The van der Waals surface area contributed by atoms with E-state index in [-0.39, 0.29) is 0 Å². The van der Waals surface area contributed by atoms with E-state index in [1.807, 2.05) is 23.1 Å². The SMILES string of the molecule is CCCCN(CCC#N)CCCC.CCCCN(CCCC)CCCC#N.CCCN(CCC)CCCC#N.CCN(C)CCN(C)CC.CCN(CC)CCN(CC)CC.CN(C)CC(C)(C)CN(C)C.CN(C)CCCCCCN(C)C.CN(C)CCCCN(C)C.CN(C)CCCN(C)C.CN(C)CCN(C)C.N#CCCN(CCC#N)CCC#N. The van der Waals surface area contributed by atoms with Gasteiger partial charge in [-0.15, -0.1) is 0 Å². The van der Waals surface area contributed by atoms with E-state index in [9.17, 15) is 0 Å². The van der Waals surface area contributed by atoms with Crippen LogP contribution in [0.2, 0.25) is 0 Å². The van der Waals surface area contributed by atoms with Gasteiger partial charge in [-0.05, 0) is 375 Å². The minimum absolute atomic E-state index is 0.396. The van der Waals surface area contributed by atoms with E-state index in [0.29, 0.717) is 63.6 Å². The van der Waals surface area contributed by atoms with Crippen LogP contribution in [0.5, 0.6) is 0 Å². The van der Waals surface area contributed by atoms with Crippen molar-refractivity contribution in [2.75, 3.05) is 364 Å². The van der Waals surface area contributed by atoms with Crippen molar-refractivity contribution in [3.05, 3.63) is 0 Å². The maximum Gasteiger partial charge on any atom is 0.0635 e. The van der Waals surface area contributed by atoms with Crippen molar-refractivity contribution >= 4 is 0 Å². The van der Waals surface area contributed by atoms with Crippen molar-refractivity contribution in [3.8, 4) is 36.4 Å². The van der Waals surface area contributed by atoms with Gasteiger partial charge in [0.25, 0.3) is 0 Å². The van der Waals surface area contributed by atoms with E-state index in [2.05, 4.69) is 353 Å². The van der Waals surface area contributed by atoms with Crippen molar-refractivity contribution in [1.82, 2.24) is 88.2 Å². The summed E-state index contributed by atoms with van der Waals surface area (Å²) in [6.07, 6.45) is 27.4. The molecule has 742 valence electrons. The molecule has 124 heavy (non-hydrogen) atoms. The lowest BCUT2D eigenvalue weighted by Gasteiger charge is -2.30. The Morgan fingerprint density at radius 3 is 0.581 bits per heavy atom. The van der Waals surface area contributed by atoms with Gasteiger partial charge < -0.3 is 88.2 Å². The monoisotopic (exact) mass is 1760 g/mol. The molecule has 0 aliphatic carbocycles. The number of nitrogens with zero attached hydrogens (tertiary/aromatic N) is 24.